The SMILES string of the molecule is CCOc1ccc(-c2ccc(=O)n(CC(=O)Nc3ccc(C#N)cc3)n2)cc1. The first-order chi connectivity index (χ1) is 13.6. The van der Waals surface area contributed by atoms with Crippen molar-refractivity contribution in [3.05, 3.63) is 76.6 Å². The molecule has 2 aromatic carbocycles. The third-order valence-corrected chi connectivity index (χ3v) is 3.92. The number of ether oxygens (including phenoxy) is 1. The fraction of sp³-hybridized carbons (Fsp3) is 0.143. The smallest absolute Gasteiger partial charge is 0.267 e. The molecule has 3 rings (SSSR count). The van der Waals surface area contributed by atoms with Gasteiger partial charge in [0.15, 0.2) is 0 Å². The average molecular weight is 374 g/mol. The van der Waals surface area contributed by atoms with Crippen molar-refractivity contribution in [2.24, 2.45) is 0 Å². The first-order valence-electron chi connectivity index (χ1n) is 8.70. The van der Waals surface area contributed by atoms with Gasteiger partial charge in [-0.3, -0.25) is 9.59 Å². The Kier molecular flexibility index (Phi) is 5.82. The van der Waals surface area contributed by atoms with Gasteiger partial charge in [-0.1, -0.05) is 0 Å². The van der Waals surface area contributed by atoms with Gasteiger partial charge in [0.2, 0.25) is 5.91 Å². The van der Waals surface area contributed by atoms with E-state index in [4.69, 9.17) is 10.00 Å². The number of amides is 1. The zero-order valence-corrected chi connectivity index (χ0v) is 15.3. The van der Waals surface area contributed by atoms with Gasteiger partial charge in [-0.2, -0.15) is 10.4 Å². The summed E-state index contributed by atoms with van der Waals surface area (Å²) in [6.07, 6.45) is 0. The highest BCUT2D eigenvalue weighted by molar-refractivity contribution is 5.90. The van der Waals surface area contributed by atoms with Crippen LogP contribution in [0.25, 0.3) is 11.3 Å². The third-order valence-electron chi connectivity index (χ3n) is 3.92. The topological polar surface area (TPSA) is 97.0 Å². The molecule has 1 N–H and O–H groups in total. The molecule has 0 saturated carbocycles. The average Bonchev–Trinajstić information content (AvgIpc) is 2.71. The van der Waals surface area contributed by atoms with Crippen molar-refractivity contribution in [2.75, 3.05) is 11.9 Å². The van der Waals surface area contributed by atoms with Gasteiger partial charge in [0.25, 0.3) is 5.56 Å². The maximum Gasteiger partial charge on any atom is 0.267 e. The minimum Gasteiger partial charge on any atom is -0.494 e. The molecule has 0 atom stereocenters. The number of hydrogen-bond acceptors (Lipinski definition) is 5. The molecule has 3 aromatic rings. The lowest BCUT2D eigenvalue weighted by atomic mass is 10.1. The van der Waals surface area contributed by atoms with Gasteiger partial charge in [-0.15, -0.1) is 0 Å². The quantitative estimate of drug-likeness (QED) is 0.716. The number of carbonyl (C=O) groups excluding carboxylic acids is 1. The highest BCUT2D eigenvalue weighted by Crippen LogP contribution is 2.19. The maximum atomic E-state index is 12.3. The number of nitriles is 1. The minimum absolute atomic E-state index is 0.219. The first kappa shape index (κ1) is 18.9. The summed E-state index contributed by atoms with van der Waals surface area (Å²) in [5, 5.41) is 15.8. The summed E-state index contributed by atoms with van der Waals surface area (Å²) in [5.74, 6) is 0.365. The summed E-state index contributed by atoms with van der Waals surface area (Å²) >= 11 is 0. The number of benzene rings is 2. The van der Waals surface area contributed by atoms with E-state index in [0.29, 0.717) is 23.6 Å². The second kappa shape index (κ2) is 8.64. The Balaban J connectivity index is 1.74. The standard InChI is InChI=1S/C21H18N4O3/c1-2-28-18-9-5-16(6-10-18)19-11-12-21(27)25(24-19)14-20(26)23-17-7-3-15(13-22)4-8-17/h3-12H,2,14H2,1H3,(H,23,26). The normalized spacial score (nSPS) is 10.1. The number of carbonyl (C=O) groups is 1. The molecule has 0 aliphatic carbocycles. The Hall–Kier alpha value is -3.92. The molecular weight excluding hydrogens is 356 g/mol. The van der Waals surface area contributed by atoms with Crippen molar-refractivity contribution in [1.82, 2.24) is 9.78 Å². The molecule has 1 aromatic heterocycles. The molecule has 0 radical (unpaired) electrons. The van der Waals surface area contributed by atoms with E-state index in [1.807, 2.05) is 37.3 Å². The van der Waals surface area contributed by atoms with E-state index < -0.39 is 0 Å². The number of aromatic nitrogens is 2. The van der Waals surface area contributed by atoms with Gasteiger partial charge >= 0.3 is 0 Å². The van der Waals surface area contributed by atoms with E-state index >= 15 is 0 Å². The first-order valence-corrected chi connectivity index (χ1v) is 8.70. The maximum absolute atomic E-state index is 12.3. The van der Waals surface area contributed by atoms with Crippen molar-refractivity contribution in [1.29, 1.82) is 5.26 Å². The van der Waals surface area contributed by atoms with Gasteiger partial charge in [-0.05, 0) is 61.5 Å². The zero-order chi connectivity index (χ0) is 19.9. The second-order valence-corrected chi connectivity index (χ2v) is 5.91. The Morgan fingerprint density at radius 3 is 2.46 bits per heavy atom. The Bertz CT molecular complexity index is 1060. The van der Waals surface area contributed by atoms with Crippen LogP contribution in [0.2, 0.25) is 0 Å². The lowest BCUT2D eigenvalue weighted by molar-refractivity contribution is -0.117. The predicted octanol–water partition coefficient (Wildman–Crippen LogP) is 2.82. The third kappa shape index (κ3) is 4.62. The van der Waals surface area contributed by atoms with Gasteiger partial charge in [0.1, 0.15) is 12.3 Å². The molecule has 0 spiro atoms. The van der Waals surface area contributed by atoms with Crippen molar-refractivity contribution in [2.45, 2.75) is 13.5 Å². The second-order valence-electron chi connectivity index (χ2n) is 5.91. The van der Waals surface area contributed by atoms with E-state index in [0.717, 1.165) is 16.0 Å². The van der Waals surface area contributed by atoms with Crippen molar-refractivity contribution in [3.8, 4) is 23.1 Å². The van der Waals surface area contributed by atoms with E-state index in [9.17, 15) is 9.59 Å². The van der Waals surface area contributed by atoms with Crippen LogP contribution in [0.1, 0.15) is 12.5 Å². The van der Waals surface area contributed by atoms with Crippen LogP contribution < -0.4 is 15.6 Å². The van der Waals surface area contributed by atoms with Crippen LogP contribution in [0.15, 0.2) is 65.5 Å². The lowest BCUT2D eigenvalue weighted by Crippen LogP contribution is -2.29. The van der Waals surface area contributed by atoms with Crippen LogP contribution in [0, 0.1) is 11.3 Å². The molecule has 7 nitrogen and oxygen atoms in total. The molecule has 1 amide bonds. The van der Waals surface area contributed by atoms with E-state index in [1.54, 1.807) is 30.3 Å². The molecule has 0 aliphatic heterocycles. The van der Waals surface area contributed by atoms with Crippen LogP contribution in [-0.4, -0.2) is 22.3 Å². The summed E-state index contributed by atoms with van der Waals surface area (Å²) < 4.78 is 6.53. The number of nitrogens with one attached hydrogen (secondary N) is 1. The minimum atomic E-state index is -0.386. The summed E-state index contributed by atoms with van der Waals surface area (Å²) in [4.78, 5) is 24.3. The monoisotopic (exact) mass is 374 g/mol. The molecule has 7 heteroatoms. The Labute approximate surface area is 161 Å². The largest absolute Gasteiger partial charge is 0.494 e. The van der Waals surface area contributed by atoms with E-state index in [-0.39, 0.29) is 18.0 Å². The van der Waals surface area contributed by atoms with Crippen LogP contribution >= 0.6 is 0 Å². The van der Waals surface area contributed by atoms with Gasteiger partial charge < -0.3 is 10.1 Å². The van der Waals surface area contributed by atoms with Crippen molar-refractivity contribution < 1.29 is 9.53 Å². The van der Waals surface area contributed by atoms with E-state index in [1.165, 1.54) is 6.07 Å². The molecule has 28 heavy (non-hydrogen) atoms. The molecule has 0 bridgehead atoms. The van der Waals surface area contributed by atoms with Gasteiger partial charge in [0, 0.05) is 17.3 Å². The van der Waals surface area contributed by atoms with E-state index in [2.05, 4.69) is 10.4 Å². The molecule has 0 fully saturated rings. The summed E-state index contributed by atoms with van der Waals surface area (Å²) in [6.45, 7) is 2.27. The van der Waals surface area contributed by atoms with Crippen LogP contribution in [0.3, 0.4) is 0 Å². The fourth-order valence-electron chi connectivity index (χ4n) is 2.57. The highest BCUT2D eigenvalue weighted by Gasteiger charge is 2.09. The number of hydrogen-bond donors (Lipinski definition) is 1. The van der Waals surface area contributed by atoms with Crippen LogP contribution in [0.4, 0.5) is 5.69 Å². The molecule has 1 heterocycles. The van der Waals surface area contributed by atoms with Crippen molar-refractivity contribution in [3.63, 3.8) is 0 Å². The molecular formula is C21H18N4O3. The molecule has 0 unspecified atom stereocenters. The van der Waals surface area contributed by atoms with Crippen LogP contribution in [-0.2, 0) is 11.3 Å². The Morgan fingerprint density at radius 1 is 1.11 bits per heavy atom. The zero-order valence-electron chi connectivity index (χ0n) is 15.3. The number of rotatable bonds is 6. The van der Waals surface area contributed by atoms with Gasteiger partial charge in [0.05, 0.1) is 23.9 Å². The fourth-order valence-corrected chi connectivity index (χ4v) is 2.57. The number of anilines is 1. The Morgan fingerprint density at radius 2 is 1.82 bits per heavy atom. The number of nitrogens with zero attached hydrogens (tertiary/aromatic N) is 3. The summed E-state index contributed by atoms with van der Waals surface area (Å²) in [6, 6.07) is 18.8. The van der Waals surface area contributed by atoms with Crippen molar-refractivity contribution >= 4 is 11.6 Å². The van der Waals surface area contributed by atoms with Crippen LogP contribution in [0.5, 0.6) is 5.75 Å². The summed E-state index contributed by atoms with van der Waals surface area (Å²) in [5.41, 5.74) is 2.06. The summed E-state index contributed by atoms with van der Waals surface area (Å²) in [7, 11) is 0. The van der Waals surface area contributed by atoms with Gasteiger partial charge in [-0.25, -0.2) is 4.68 Å². The lowest BCUT2D eigenvalue weighted by Gasteiger charge is -2.09. The predicted molar refractivity (Wildman–Crippen MR) is 105 cm³/mol. The highest BCUT2D eigenvalue weighted by atomic mass is 16.5. The molecule has 0 saturated heterocycles. The molecule has 0 aliphatic rings. The molecule has 140 valence electrons.